The molecule has 0 N–H and O–H groups in total. The third-order valence-corrected chi connectivity index (χ3v) is 4.77. The van der Waals surface area contributed by atoms with E-state index < -0.39 is 11.6 Å². The number of fused-ring (bicyclic) bond motifs is 1. The highest BCUT2D eigenvalue weighted by molar-refractivity contribution is 5.95. The van der Waals surface area contributed by atoms with Gasteiger partial charge in [-0.2, -0.15) is 0 Å². The van der Waals surface area contributed by atoms with Gasteiger partial charge in [0.25, 0.3) is 5.91 Å². The van der Waals surface area contributed by atoms with Crippen molar-refractivity contribution in [2.75, 3.05) is 19.9 Å². The number of likely N-dealkylation sites (tertiary alicyclic amines) is 1. The average Bonchev–Trinajstić information content (AvgIpc) is 3.16. The van der Waals surface area contributed by atoms with Crippen LogP contribution < -0.4 is 9.47 Å². The Bertz CT molecular complexity index is 858. The maximum absolute atomic E-state index is 13.7. The van der Waals surface area contributed by atoms with Gasteiger partial charge in [-0.1, -0.05) is 0 Å². The lowest BCUT2D eigenvalue weighted by atomic mass is 10.1. The monoisotopic (exact) mass is 375 g/mol. The summed E-state index contributed by atoms with van der Waals surface area (Å²) < 4.78 is 43.3. The van der Waals surface area contributed by atoms with Crippen molar-refractivity contribution in [1.29, 1.82) is 0 Å². The minimum atomic E-state index is -0.502. The van der Waals surface area contributed by atoms with Crippen molar-refractivity contribution in [3.8, 4) is 11.5 Å². The van der Waals surface area contributed by atoms with Gasteiger partial charge in [0, 0.05) is 24.2 Å². The topological polar surface area (TPSA) is 48.0 Å². The van der Waals surface area contributed by atoms with E-state index in [-0.39, 0.29) is 31.0 Å². The molecule has 1 saturated heterocycles. The first-order chi connectivity index (χ1) is 13.1. The number of nitrogens with zero attached hydrogens (tertiary/aromatic N) is 1. The Morgan fingerprint density at radius 1 is 1.15 bits per heavy atom. The molecule has 2 heterocycles. The van der Waals surface area contributed by atoms with Crippen LogP contribution in [0.15, 0.2) is 36.4 Å². The third-order valence-electron chi connectivity index (χ3n) is 4.77. The van der Waals surface area contributed by atoms with Crippen LogP contribution in [-0.2, 0) is 11.3 Å². The van der Waals surface area contributed by atoms with Gasteiger partial charge in [-0.15, -0.1) is 0 Å². The van der Waals surface area contributed by atoms with Gasteiger partial charge < -0.3 is 19.1 Å². The quantitative estimate of drug-likeness (QED) is 0.821. The lowest BCUT2D eigenvalue weighted by Crippen LogP contribution is -2.43. The second kappa shape index (κ2) is 7.52. The normalized spacial score (nSPS) is 18.6. The Hall–Kier alpha value is -2.67. The number of hydrogen-bond acceptors (Lipinski definition) is 4. The van der Waals surface area contributed by atoms with E-state index in [9.17, 15) is 13.6 Å². The van der Waals surface area contributed by atoms with Crippen LogP contribution in [0.4, 0.5) is 8.78 Å². The number of rotatable bonds is 4. The van der Waals surface area contributed by atoms with Crippen LogP contribution in [0.1, 0.15) is 28.8 Å². The molecule has 2 aliphatic heterocycles. The standard InChI is InChI=1S/C20H19F2NO4/c21-15-4-5-17(22)14(8-15)11-25-16-2-1-7-23(10-16)20(24)13-3-6-18-19(9-13)27-12-26-18/h3-6,8-9,16H,1-2,7,10-12H2. The summed E-state index contributed by atoms with van der Waals surface area (Å²) in [4.78, 5) is 14.5. The van der Waals surface area contributed by atoms with E-state index in [0.717, 1.165) is 31.0 Å². The molecule has 1 unspecified atom stereocenters. The van der Waals surface area contributed by atoms with Crippen molar-refractivity contribution < 1.29 is 27.8 Å². The van der Waals surface area contributed by atoms with E-state index in [0.29, 0.717) is 30.2 Å². The fourth-order valence-electron chi connectivity index (χ4n) is 3.33. The van der Waals surface area contributed by atoms with Gasteiger partial charge in [0.05, 0.1) is 12.7 Å². The summed E-state index contributed by atoms with van der Waals surface area (Å²) in [6.07, 6.45) is 1.33. The van der Waals surface area contributed by atoms with Gasteiger partial charge in [-0.25, -0.2) is 8.78 Å². The molecule has 142 valence electrons. The number of piperidine rings is 1. The molecule has 0 aliphatic carbocycles. The van der Waals surface area contributed by atoms with Crippen LogP contribution in [0.25, 0.3) is 0 Å². The maximum Gasteiger partial charge on any atom is 0.254 e. The van der Waals surface area contributed by atoms with E-state index >= 15 is 0 Å². The molecule has 27 heavy (non-hydrogen) atoms. The predicted molar refractivity (Wildman–Crippen MR) is 92.6 cm³/mol. The van der Waals surface area contributed by atoms with E-state index in [4.69, 9.17) is 14.2 Å². The number of carbonyl (C=O) groups is 1. The molecular formula is C20H19F2NO4. The number of halogens is 2. The number of carbonyl (C=O) groups excluding carboxylic acids is 1. The zero-order valence-corrected chi connectivity index (χ0v) is 14.6. The highest BCUT2D eigenvalue weighted by Crippen LogP contribution is 2.33. The lowest BCUT2D eigenvalue weighted by Gasteiger charge is -2.32. The van der Waals surface area contributed by atoms with Crippen LogP contribution in [0.5, 0.6) is 11.5 Å². The van der Waals surface area contributed by atoms with Crippen molar-refractivity contribution in [3.63, 3.8) is 0 Å². The Kier molecular flexibility index (Phi) is 4.94. The molecule has 2 aromatic carbocycles. The van der Waals surface area contributed by atoms with Gasteiger partial charge in [0.1, 0.15) is 11.6 Å². The van der Waals surface area contributed by atoms with Gasteiger partial charge in [-0.05, 0) is 49.2 Å². The van der Waals surface area contributed by atoms with E-state index in [1.807, 2.05) is 0 Å². The highest BCUT2D eigenvalue weighted by Gasteiger charge is 2.26. The first kappa shape index (κ1) is 17.7. The molecule has 4 rings (SSSR count). The molecule has 1 fully saturated rings. The largest absolute Gasteiger partial charge is 0.454 e. The number of benzene rings is 2. The average molecular weight is 375 g/mol. The Morgan fingerprint density at radius 2 is 2.00 bits per heavy atom. The SMILES string of the molecule is O=C(c1ccc2c(c1)OCO2)N1CCCC(OCc2cc(F)ccc2F)C1. The van der Waals surface area contributed by atoms with Crippen LogP contribution in [0.3, 0.4) is 0 Å². The van der Waals surface area contributed by atoms with E-state index in [2.05, 4.69) is 0 Å². The van der Waals surface area contributed by atoms with Gasteiger partial charge in [0.15, 0.2) is 11.5 Å². The lowest BCUT2D eigenvalue weighted by molar-refractivity contribution is -0.00770. The molecule has 2 aliphatic rings. The molecule has 0 saturated carbocycles. The zero-order valence-electron chi connectivity index (χ0n) is 14.6. The van der Waals surface area contributed by atoms with E-state index in [1.54, 1.807) is 23.1 Å². The summed E-state index contributed by atoms with van der Waals surface area (Å²) >= 11 is 0. The molecule has 2 aromatic rings. The summed E-state index contributed by atoms with van der Waals surface area (Å²) in [5.74, 6) is 0.0769. The molecular weight excluding hydrogens is 356 g/mol. The summed E-state index contributed by atoms with van der Waals surface area (Å²) in [6, 6.07) is 8.41. The summed E-state index contributed by atoms with van der Waals surface area (Å²) in [5, 5.41) is 0. The van der Waals surface area contributed by atoms with Crippen LogP contribution in [-0.4, -0.2) is 36.8 Å². The van der Waals surface area contributed by atoms with Crippen molar-refractivity contribution in [1.82, 2.24) is 4.90 Å². The molecule has 0 spiro atoms. The molecule has 1 atom stereocenters. The van der Waals surface area contributed by atoms with Crippen LogP contribution >= 0.6 is 0 Å². The van der Waals surface area contributed by atoms with Crippen molar-refractivity contribution in [2.45, 2.75) is 25.6 Å². The Labute approximate surface area is 155 Å². The number of hydrogen-bond donors (Lipinski definition) is 0. The van der Waals surface area contributed by atoms with Crippen molar-refractivity contribution in [3.05, 3.63) is 59.2 Å². The Balaban J connectivity index is 1.39. The van der Waals surface area contributed by atoms with Crippen LogP contribution in [0.2, 0.25) is 0 Å². The third kappa shape index (κ3) is 3.88. The zero-order chi connectivity index (χ0) is 18.8. The molecule has 5 nitrogen and oxygen atoms in total. The second-order valence-corrected chi connectivity index (χ2v) is 6.63. The molecule has 0 aromatic heterocycles. The Morgan fingerprint density at radius 3 is 2.89 bits per heavy atom. The predicted octanol–water partition coefficient (Wildman–Crippen LogP) is 3.51. The number of amides is 1. The van der Waals surface area contributed by atoms with E-state index in [1.165, 1.54) is 0 Å². The first-order valence-corrected chi connectivity index (χ1v) is 8.84. The fourth-order valence-corrected chi connectivity index (χ4v) is 3.33. The fraction of sp³-hybridized carbons (Fsp3) is 0.350. The van der Waals surface area contributed by atoms with Gasteiger partial charge in [-0.3, -0.25) is 4.79 Å². The molecule has 0 radical (unpaired) electrons. The molecule has 0 bridgehead atoms. The second-order valence-electron chi connectivity index (χ2n) is 6.63. The first-order valence-electron chi connectivity index (χ1n) is 8.84. The van der Waals surface area contributed by atoms with Crippen molar-refractivity contribution in [2.24, 2.45) is 0 Å². The summed E-state index contributed by atoms with van der Waals surface area (Å²) in [7, 11) is 0. The smallest absolute Gasteiger partial charge is 0.254 e. The highest BCUT2D eigenvalue weighted by atomic mass is 19.1. The van der Waals surface area contributed by atoms with Crippen molar-refractivity contribution >= 4 is 5.91 Å². The molecule has 7 heteroatoms. The van der Waals surface area contributed by atoms with Gasteiger partial charge >= 0.3 is 0 Å². The summed E-state index contributed by atoms with van der Waals surface area (Å²) in [6.45, 7) is 1.16. The molecule has 1 amide bonds. The maximum atomic E-state index is 13.7. The minimum Gasteiger partial charge on any atom is -0.454 e. The summed E-state index contributed by atoms with van der Waals surface area (Å²) in [5.41, 5.74) is 0.699. The van der Waals surface area contributed by atoms with Gasteiger partial charge in [0.2, 0.25) is 6.79 Å². The number of ether oxygens (including phenoxy) is 3. The van der Waals surface area contributed by atoms with Crippen LogP contribution in [0, 0.1) is 11.6 Å². The minimum absolute atomic E-state index is 0.0275.